The van der Waals surface area contributed by atoms with Gasteiger partial charge in [-0.25, -0.2) is 0 Å². The van der Waals surface area contributed by atoms with E-state index >= 15 is 0 Å². The average molecular weight is 290 g/mol. The van der Waals surface area contributed by atoms with Gasteiger partial charge in [0.25, 0.3) is 5.91 Å². The molecule has 0 heterocycles. The molecule has 21 heavy (non-hydrogen) atoms. The number of nitrogens with one attached hydrogen (secondary N) is 1. The molecule has 0 aliphatic heterocycles. The number of imide groups is 1. The van der Waals surface area contributed by atoms with Crippen molar-refractivity contribution in [1.82, 2.24) is 10.2 Å². The van der Waals surface area contributed by atoms with Crippen LogP contribution in [0.15, 0.2) is 30.3 Å². The molecule has 1 fully saturated rings. The summed E-state index contributed by atoms with van der Waals surface area (Å²) in [4.78, 5) is 25.5. The van der Waals surface area contributed by atoms with Crippen molar-refractivity contribution in [2.45, 2.75) is 31.3 Å². The average Bonchev–Trinajstić information content (AvgIpc) is 2.85. The number of likely N-dealkylation sites (N-methyl/N-ethyl adjacent to an activating group) is 1. The molecule has 5 heteroatoms. The molecule has 5 nitrogen and oxygen atoms in total. The predicted octanol–water partition coefficient (Wildman–Crippen LogP) is 1.18. The fourth-order valence-corrected chi connectivity index (χ4v) is 2.82. The summed E-state index contributed by atoms with van der Waals surface area (Å²) in [5.41, 5.74) is -0.221. The van der Waals surface area contributed by atoms with Crippen LogP contribution in [0.25, 0.3) is 0 Å². The minimum absolute atomic E-state index is 0.0981. The molecule has 1 aromatic carbocycles. The van der Waals surface area contributed by atoms with Crippen molar-refractivity contribution in [2.75, 3.05) is 20.1 Å². The SMILES string of the molecule is CN(CC(=O)NC(=O)c1ccccc1)CC1(O)CCCC1. The summed E-state index contributed by atoms with van der Waals surface area (Å²) < 4.78 is 0. The summed E-state index contributed by atoms with van der Waals surface area (Å²) in [5, 5.41) is 12.7. The third kappa shape index (κ3) is 4.65. The first-order valence-corrected chi connectivity index (χ1v) is 7.29. The van der Waals surface area contributed by atoms with Gasteiger partial charge in [0.15, 0.2) is 0 Å². The third-order valence-electron chi connectivity index (χ3n) is 3.80. The molecule has 2 amide bonds. The van der Waals surface area contributed by atoms with Crippen LogP contribution in [-0.2, 0) is 4.79 Å². The number of hydrogen-bond donors (Lipinski definition) is 2. The molecular formula is C16H22N2O3. The number of carbonyl (C=O) groups is 2. The first kappa shape index (κ1) is 15.7. The number of aliphatic hydroxyl groups is 1. The van der Waals surface area contributed by atoms with E-state index in [1.54, 1.807) is 36.2 Å². The van der Waals surface area contributed by atoms with Crippen LogP contribution < -0.4 is 5.32 Å². The third-order valence-corrected chi connectivity index (χ3v) is 3.80. The Hall–Kier alpha value is -1.72. The van der Waals surface area contributed by atoms with Gasteiger partial charge in [-0.15, -0.1) is 0 Å². The van der Waals surface area contributed by atoms with Crippen molar-refractivity contribution in [3.8, 4) is 0 Å². The van der Waals surface area contributed by atoms with Gasteiger partial charge in [0.1, 0.15) is 0 Å². The van der Waals surface area contributed by atoms with E-state index in [9.17, 15) is 14.7 Å². The highest BCUT2D eigenvalue weighted by molar-refractivity contribution is 6.05. The Morgan fingerprint density at radius 2 is 1.86 bits per heavy atom. The lowest BCUT2D eigenvalue weighted by molar-refractivity contribution is -0.121. The van der Waals surface area contributed by atoms with E-state index in [1.165, 1.54) is 0 Å². The van der Waals surface area contributed by atoms with E-state index in [0.29, 0.717) is 12.1 Å². The van der Waals surface area contributed by atoms with Gasteiger partial charge >= 0.3 is 0 Å². The lowest BCUT2D eigenvalue weighted by atomic mass is 10.0. The maximum absolute atomic E-state index is 11.9. The van der Waals surface area contributed by atoms with Crippen molar-refractivity contribution in [1.29, 1.82) is 0 Å². The Kier molecular flexibility index (Phi) is 5.09. The first-order valence-electron chi connectivity index (χ1n) is 7.29. The molecule has 0 saturated heterocycles. The molecule has 1 aliphatic carbocycles. The summed E-state index contributed by atoms with van der Waals surface area (Å²) >= 11 is 0. The number of rotatable bonds is 5. The van der Waals surface area contributed by atoms with Gasteiger partial charge in [0, 0.05) is 12.1 Å². The van der Waals surface area contributed by atoms with Gasteiger partial charge in [0.05, 0.1) is 12.1 Å². The van der Waals surface area contributed by atoms with Crippen molar-refractivity contribution in [3.05, 3.63) is 35.9 Å². The van der Waals surface area contributed by atoms with Gasteiger partial charge in [-0.3, -0.25) is 19.8 Å². The van der Waals surface area contributed by atoms with E-state index in [2.05, 4.69) is 5.32 Å². The van der Waals surface area contributed by atoms with Gasteiger partial charge in [-0.05, 0) is 32.0 Å². The van der Waals surface area contributed by atoms with Crippen LogP contribution in [0, 0.1) is 0 Å². The minimum atomic E-state index is -0.682. The molecule has 0 spiro atoms. The normalized spacial score (nSPS) is 16.9. The number of nitrogens with zero attached hydrogens (tertiary/aromatic N) is 1. The summed E-state index contributed by atoms with van der Waals surface area (Å²) in [6, 6.07) is 8.64. The van der Waals surface area contributed by atoms with Crippen LogP contribution in [0.1, 0.15) is 36.0 Å². The molecule has 1 saturated carbocycles. The van der Waals surface area contributed by atoms with E-state index in [0.717, 1.165) is 25.7 Å². The Balaban J connectivity index is 1.80. The van der Waals surface area contributed by atoms with Crippen molar-refractivity contribution < 1.29 is 14.7 Å². The number of carbonyl (C=O) groups excluding carboxylic acids is 2. The monoisotopic (exact) mass is 290 g/mol. The lowest BCUT2D eigenvalue weighted by Gasteiger charge is -2.28. The quantitative estimate of drug-likeness (QED) is 0.854. The van der Waals surface area contributed by atoms with Crippen molar-refractivity contribution in [3.63, 3.8) is 0 Å². The Morgan fingerprint density at radius 1 is 1.24 bits per heavy atom. The summed E-state index contributed by atoms with van der Waals surface area (Å²) in [6.07, 6.45) is 3.62. The number of hydrogen-bond acceptors (Lipinski definition) is 4. The van der Waals surface area contributed by atoms with Gasteiger partial charge in [0.2, 0.25) is 5.91 Å². The Morgan fingerprint density at radius 3 is 2.48 bits per heavy atom. The van der Waals surface area contributed by atoms with Crippen LogP contribution in [0.3, 0.4) is 0 Å². The highest BCUT2D eigenvalue weighted by Crippen LogP contribution is 2.29. The van der Waals surface area contributed by atoms with E-state index < -0.39 is 11.5 Å². The zero-order chi connectivity index (χ0) is 15.3. The highest BCUT2D eigenvalue weighted by Gasteiger charge is 2.32. The second-order valence-corrected chi connectivity index (χ2v) is 5.85. The summed E-state index contributed by atoms with van der Waals surface area (Å²) in [7, 11) is 1.78. The zero-order valence-electron chi connectivity index (χ0n) is 12.3. The van der Waals surface area contributed by atoms with E-state index in [4.69, 9.17) is 0 Å². The molecule has 114 valence electrons. The van der Waals surface area contributed by atoms with Crippen LogP contribution >= 0.6 is 0 Å². The van der Waals surface area contributed by atoms with Crippen LogP contribution in [0.4, 0.5) is 0 Å². The molecule has 1 aromatic rings. The Labute approximate surface area is 125 Å². The first-order chi connectivity index (χ1) is 9.98. The smallest absolute Gasteiger partial charge is 0.257 e. The molecule has 0 unspecified atom stereocenters. The molecule has 0 atom stereocenters. The predicted molar refractivity (Wildman–Crippen MR) is 79.8 cm³/mol. The maximum Gasteiger partial charge on any atom is 0.257 e. The number of amides is 2. The fourth-order valence-electron chi connectivity index (χ4n) is 2.82. The zero-order valence-corrected chi connectivity index (χ0v) is 12.3. The maximum atomic E-state index is 11.9. The van der Waals surface area contributed by atoms with E-state index in [-0.39, 0.29) is 12.5 Å². The Bertz CT molecular complexity index is 496. The van der Waals surface area contributed by atoms with Gasteiger partial charge in [-0.1, -0.05) is 31.0 Å². The molecule has 2 N–H and O–H groups in total. The molecule has 0 aromatic heterocycles. The molecule has 1 aliphatic rings. The second kappa shape index (κ2) is 6.83. The van der Waals surface area contributed by atoms with E-state index in [1.807, 2.05) is 6.07 Å². The van der Waals surface area contributed by atoms with Gasteiger partial charge < -0.3 is 5.11 Å². The summed E-state index contributed by atoms with van der Waals surface area (Å²) in [5.74, 6) is -0.749. The van der Waals surface area contributed by atoms with Crippen LogP contribution in [-0.4, -0.2) is 47.6 Å². The summed E-state index contributed by atoms with van der Waals surface area (Å²) in [6.45, 7) is 0.556. The van der Waals surface area contributed by atoms with Gasteiger partial charge in [-0.2, -0.15) is 0 Å². The van der Waals surface area contributed by atoms with Crippen LogP contribution in [0.5, 0.6) is 0 Å². The van der Waals surface area contributed by atoms with Crippen LogP contribution in [0.2, 0.25) is 0 Å². The molecule has 0 radical (unpaired) electrons. The standard InChI is InChI=1S/C16H22N2O3/c1-18(12-16(21)9-5-6-10-16)11-14(19)17-15(20)13-7-3-2-4-8-13/h2-4,7-8,21H,5-6,9-12H2,1H3,(H,17,19,20). The molecular weight excluding hydrogens is 268 g/mol. The lowest BCUT2D eigenvalue weighted by Crippen LogP contribution is -2.44. The highest BCUT2D eigenvalue weighted by atomic mass is 16.3. The fraction of sp³-hybridized carbons (Fsp3) is 0.500. The molecule has 0 bridgehead atoms. The van der Waals surface area contributed by atoms with Crippen molar-refractivity contribution in [2.24, 2.45) is 0 Å². The largest absolute Gasteiger partial charge is 0.389 e. The topological polar surface area (TPSA) is 69.6 Å². The number of benzene rings is 1. The minimum Gasteiger partial charge on any atom is -0.389 e. The van der Waals surface area contributed by atoms with Crippen molar-refractivity contribution >= 4 is 11.8 Å². The second-order valence-electron chi connectivity index (χ2n) is 5.85. The molecule has 2 rings (SSSR count).